The summed E-state index contributed by atoms with van der Waals surface area (Å²) >= 11 is 0. The van der Waals surface area contributed by atoms with E-state index in [0.29, 0.717) is 25.4 Å². The normalized spacial score (nSPS) is 17.7. The number of benzene rings is 1. The Kier molecular flexibility index (Phi) is 7.31. The van der Waals surface area contributed by atoms with Crippen molar-refractivity contribution < 1.29 is 14.0 Å². The highest BCUT2D eigenvalue weighted by Crippen LogP contribution is 2.34. The molecule has 0 N–H and O–H groups in total. The SMILES string of the molecule is O=C(c1ccc(Cn2ccnc2)o1)N1CCCCCCCCN(C(=O)C2CC2)c2ccccc2C1. The predicted molar refractivity (Wildman–Crippen MR) is 134 cm³/mol. The molecule has 2 aromatic heterocycles. The number of nitrogens with zero attached hydrogens (tertiary/aromatic N) is 4. The van der Waals surface area contributed by atoms with Crippen molar-refractivity contribution in [3.05, 3.63) is 72.2 Å². The molecule has 0 atom stereocenters. The van der Waals surface area contributed by atoms with Crippen LogP contribution in [-0.4, -0.2) is 39.4 Å². The Morgan fingerprint density at radius 1 is 0.943 bits per heavy atom. The molecule has 184 valence electrons. The van der Waals surface area contributed by atoms with Crippen LogP contribution in [0.15, 0.2) is 59.5 Å². The number of amides is 2. The molecule has 1 aliphatic carbocycles. The van der Waals surface area contributed by atoms with Crippen molar-refractivity contribution in [3.63, 3.8) is 0 Å². The zero-order valence-electron chi connectivity index (χ0n) is 20.3. The molecule has 35 heavy (non-hydrogen) atoms. The lowest BCUT2D eigenvalue weighted by atomic mass is 10.1. The molecule has 2 aliphatic rings. The van der Waals surface area contributed by atoms with Crippen LogP contribution < -0.4 is 4.90 Å². The van der Waals surface area contributed by atoms with Crippen LogP contribution in [0.4, 0.5) is 5.69 Å². The summed E-state index contributed by atoms with van der Waals surface area (Å²) in [5.74, 6) is 1.37. The average Bonchev–Trinajstić information content (AvgIpc) is 3.40. The van der Waals surface area contributed by atoms with Gasteiger partial charge in [0.1, 0.15) is 5.76 Å². The predicted octanol–water partition coefficient (Wildman–Crippen LogP) is 5.26. The monoisotopic (exact) mass is 474 g/mol. The van der Waals surface area contributed by atoms with Crippen molar-refractivity contribution >= 4 is 17.5 Å². The number of para-hydroxylation sites is 1. The smallest absolute Gasteiger partial charge is 0.289 e. The molecule has 0 unspecified atom stereocenters. The van der Waals surface area contributed by atoms with E-state index in [1.54, 1.807) is 18.6 Å². The van der Waals surface area contributed by atoms with Crippen molar-refractivity contribution in [3.8, 4) is 0 Å². The van der Waals surface area contributed by atoms with Crippen LogP contribution >= 0.6 is 0 Å². The molecule has 5 rings (SSSR count). The fraction of sp³-hybridized carbons (Fsp3) is 0.464. The highest BCUT2D eigenvalue weighted by Gasteiger charge is 2.34. The standard InChI is InChI=1S/C28H34N4O3/c33-27(22-11-12-22)32-17-8-4-2-1-3-7-16-31(19-23-9-5-6-10-25(23)32)28(34)26-14-13-24(35-26)20-30-18-15-29-21-30/h5-6,9-10,13-15,18,21-22H,1-4,7-8,11-12,16-17,19-20H2. The molecule has 3 aromatic rings. The highest BCUT2D eigenvalue weighted by atomic mass is 16.4. The van der Waals surface area contributed by atoms with Gasteiger partial charge in [0.15, 0.2) is 5.76 Å². The van der Waals surface area contributed by atoms with Crippen molar-refractivity contribution in [1.29, 1.82) is 0 Å². The third kappa shape index (κ3) is 5.84. The maximum atomic E-state index is 13.6. The van der Waals surface area contributed by atoms with Crippen LogP contribution in [0, 0.1) is 5.92 Å². The number of hydrogen-bond acceptors (Lipinski definition) is 4. The van der Waals surface area contributed by atoms with Gasteiger partial charge in [0.25, 0.3) is 5.91 Å². The molecule has 2 amide bonds. The van der Waals surface area contributed by atoms with Crippen LogP contribution in [0.3, 0.4) is 0 Å². The molecule has 1 fully saturated rings. The van der Waals surface area contributed by atoms with E-state index >= 15 is 0 Å². The molecule has 0 spiro atoms. The van der Waals surface area contributed by atoms with Gasteiger partial charge in [0.05, 0.1) is 12.9 Å². The van der Waals surface area contributed by atoms with E-state index < -0.39 is 0 Å². The summed E-state index contributed by atoms with van der Waals surface area (Å²) in [6.45, 7) is 2.41. The van der Waals surface area contributed by atoms with Crippen LogP contribution in [0.1, 0.15) is 73.2 Å². The van der Waals surface area contributed by atoms with Crippen molar-refractivity contribution in [2.45, 2.75) is 64.5 Å². The number of imidazole rings is 1. The number of anilines is 1. The number of fused-ring (bicyclic) bond motifs is 1. The molecule has 3 heterocycles. The summed E-state index contributed by atoms with van der Waals surface area (Å²) in [6, 6.07) is 11.7. The van der Waals surface area contributed by atoms with Gasteiger partial charge < -0.3 is 18.8 Å². The Bertz CT molecular complexity index is 1130. The van der Waals surface area contributed by atoms with E-state index in [1.165, 1.54) is 0 Å². The molecule has 0 bridgehead atoms. The third-order valence-electron chi connectivity index (χ3n) is 6.95. The van der Waals surface area contributed by atoms with Gasteiger partial charge in [0.2, 0.25) is 5.91 Å². The fourth-order valence-electron chi connectivity index (χ4n) is 4.84. The van der Waals surface area contributed by atoms with E-state index in [4.69, 9.17) is 4.42 Å². The molecule has 7 nitrogen and oxygen atoms in total. The van der Waals surface area contributed by atoms with Crippen LogP contribution in [-0.2, 0) is 17.9 Å². The second-order valence-electron chi connectivity index (χ2n) is 9.74. The molecular formula is C28H34N4O3. The Labute approximate surface area is 206 Å². The van der Waals surface area contributed by atoms with Gasteiger partial charge in [-0.05, 0) is 49.4 Å². The second-order valence-corrected chi connectivity index (χ2v) is 9.74. The lowest BCUT2D eigenvalue weighted by Crippen LogP contribution is -2.36. The molecule has 1 aliphatic heterocycles. The van der Waals surface area contributed by atoms with Crippen LogP contribution in [0.5, 0.6) is 0 Å². The largest absolute Gasteiger partial charge is 0.454 e. The van der Waals surface area contributed by atoms with Crippen molar-refractivity contribution in [2.24, 2.45) is 5.92 Å². The molecule has 0 saturated heterocycles. The molecular weight excluding hydrogens is 440 g/mol. The number of carbonyl (C=O) groups excluding carboxylic acids is 2. The van der Waals surface area contributed by atoms with Gasteiger partial charge in [-0.15, -0.1) is 0 Å². The van der Waals surface area contributed by atoms with E-state index in [-0.39, 0.29) is 17.7 Å². The minimum absolute atomic E-state index is 0.105. The van der Waals surface area contributed by atoms with Gasteiger partial charge in [0, 0.05) is 43.6 Å². The number of furan rings is 1. The number of hydrogen-bond donors (Lipinski definition) is 0. The van der Waals surface area contributed by atoms with Gasteiger partial charge >= 0.3 is 0 Å². The first-order chi connectivity index (χ1) is 17.2. The first-order valence-corrected chi connectivity index (χ1v) is 12.9. The van der Waals surface area contributed by atoms with Gasteiger partial charge in [-0.3, -0.25) is 9.59 Å². The van der Waals surface area contributed by atoms with Crippen molar-refractivity contribution in [1.82, 2.24) is 14.5 Å². The van der Waals surface area contributed by atoms with Crippen LogP contribution in [0.25, 0.3) is 0 Å². The summed E-state index contributed by atoms with van der Waals surface area (Å²) in [7, 11) is 0. The first-order valence-electron chi connectivity index (χ1n) is 12.9. The average molecular weight is 475 g/mol. The Balaban J connectivity index is 1.39. The zero-order valence-corrected chi connectivity index (χ0v) is 20.3. The summed E-state index contributed by atoms with van der Waals surface area (Å²) in [5.41, 5.74) is 1.96. The van der Waals surface area contributed by atoms with Gasteiger partial charge in [-0.1, -0.05) is 43.9 Å². The van der Waals surface area contributed by atoms with E-state index in [9.17, 15) is 9.59 Å². The number of carbonyl (C=O) groups is 2. The Morgan fingerprint density at radius 3 is 2.49 bits per heavy atom. The highest BCUT2D eigenvalue weighted by molar-refractivity contribution is 5.97. The Hall–Kier alpha value is -3.35. The summed E-state index contributed by atoms with van der Waals surface area (Å²) in [5, 5.41) is 0. The minimum Gasteiger partial charge on any atom is -0.454 e. The summed E-state index contributed by atoms with van der Waals surface area (Å²) < 4.78 is 7.86. The molecule has 1 aromatic carbocycles. The second kappa shape index (κ2) is 10.9. The maximum absolute atomic E-state index is 13.6. The quantitative estimate of drug-likeness (QED) is 0.517. The zero-order chi connectivity index (χ0) is 24.0. The topological polar surface area (TPSA) is 71.6 Å². The lowest BCUT2D eigenvalue weighted by molar-refractivity contribution is -0.119. The molecule has 7 heteroatoms. The lowest BCUT2D eigenvalue weighted by Gasteiger charge is -2.28. The number of rotatable bonds is 4. The summed E-state index contributed by atoms with van der Waals surface area (Å²) in [4.78, 5) is 34.7. The first kappa shape index (κ1) is 23.4. The van der Waals surface area contributed by atoms with E-state index in [1.807, 2.05) is 44.8 Å². The number of aromatic nitrogens is 2. The molecule has 1 saturated carbocycles. The third-order valence-corrected chi connectivity index (χ3v) is 6.95. The van der Waals surface area contributed by atoms with Crippen LogP contribution in [0.2, 0.25) is 0 Å². The maximum Gasteiger partial charge on any atom is 0.289 e. The Morgan fingerprint density at radius 2 is 1.71 bits per heavy atom. The summed E-state index contributed by atoms with van der Waals surface area (Å²) in [6.07, 6.45) is 13.8. The van der Waals surface area contributed by atoms with Gasteiger partial charge in [-0.25, -0.2) is 4.98 Å². The van der Waals surface area contributed by atoms with E-state index in [2.05, 4.69) is 11.1 Å². The van der Waals surface area contributed by atoms with E-state index in [0.717, 1.165) is 74.9 Å². The minimum atomic E-state index is -0.105. The van der Waals surface area contributed by atoms with Crippen molar-refractivity contribution in [2.75, 3.05) is 18.0 Å². The molecule has 0 radical (unpaired) electrons. The van der Waals surface area contributed by atoms with Gasteiger partial charge in [-0.2, -0.15) is 0 Å². The fourth-order valence-corrected chi connectivity index (χ4v) is 4.84.